The van der Waals surface area contributed by atoms with Gasteiger partial charge in [0.25, 0.3) is 0 Å². The fourth-order valence-electron chi connectivity index (χ4n) is 2.82. The van der Waals surface area contributed by atoms with Crippen molar-refractivity contribution in [3.63, 3.8) is 0 Å². The van der Waals surface area contributed by atoms with Gasteiger partial charge in [-0.15, -0.1) is 0 Å². The summed E-state index contributed by atoms with van der Waals surface area (Å²) in [6.45, 7) is 0.0722. The number of anilines is 1. The van der Waals surface area contributed by atoms with Crippen LogP contribution in [-0.4, -0.2) is 37.4 Å². The molecule has 0 unspecified atom stereocenters. The predicted molar refractivity (Wildman–Crippen MR) is 85.8 cm³/mol. The molecule has 0 radical (unpaired) electrons. The number of benzene rings is 1. The maximum absolute atomic E-state index is 12.1. The summed E-state index contributed by atoms with van der Waals surface area (Å²) in [6, 6.07) is 7.16. The summed E-state index contributed by atoms with van der Waals surface area (Å²) in [4.78, 5) is 25.6. The molecule has 1 N–H and O–H groups in total. The lowest BCUT2D eigenvalue weighted by molar-refractivity contribution is -0.134. The highest BCUT2D eigenvalue weighted by Gasteiger charge is 2.21. The van der Waals surface area contributed by atoms with Crippen LogP contribution in [0.25, 0.3) is 0 Å². The minimum absolute atomic E-state index is 0.0488. The molecule has 1 fully saturated rings. The second-order valence-corrected chi connectivity index (χ2v) is 5.88. The molecule has 1 aromatic rings. The molecule has 0 atom stereocenters. The third-order valence-corrected chi connectivity index (χ3v) is 4.10. The van der Waals surface area contributed by atoms with Gasteiger partial charge in [-0.1, -0.05) is 18.9 Å². The smallest absolute Gasteiger partial charge is 0.243 e. The molecule has 2 rings (SSSR count). The highest BCUT2D eigenvalue weighted by Crippen LogP contribution is 2.27. The number of rotatable bonds is 6. The molecule has 5 heteroatoms. The first kappa shape index (κ1) is 16.3. The van der Waals surface area contributed by atoms with Gasteiger partial charge in [0.1, 0.15) is 5.75 Å². The minimum Gasteiger partial charge on any atom is -0.497 e. The van der Waals surface area contributed by atoms with Gasteiger partial charge in [-0.3, -0.25) is 9.59 Å². The number of nitrogens with zero attached hydrogens (tertiary/aromatic N) is 1. The van der Waals surface area contributed by atoms with E-state index in [-0.39, 0.29) is 18.4 Å². The molecule has 0 aliphatic heterocycles. The summed E-state index contributed by atoms with van der Waals surface area (Å²) in [5.41, 5.74) is 0.668. The Bertz CT molecular complexity index is 524. The van der Waals surface area contributed by atoms with Crippen LogP contribution in [0, 0.1) is 5.92 Å². The van der Waals surface area contributed by atoms with Gasteiger partial charge < -0.3 is 15.0 Å². The number of ether oxygens (including phenoxy) is 1. The number of carbonyl (C=O) groups excluding carboxylic acids is 2. The van der Waals surface area contributed by atoms with Crippen molar-refractivity contribution in [2.75, 3.05) is 26.0 Å². The zero-order chi connectivity index (χ0) is 15.9. The van der Waals surface area contributed by atoms with Gasteiger partial charge in [-0.05, 0) is 30.9 Å². The molecule has 0 aromatic heterocycles. The Balaban J connectivity index is 1.81. The van der Waals surface area contributed by atoms with Crippen molar-refractivity contribution in [3.05, 3.63) is 24.3 Å². The van der Waals surface area contributed by atoms with E-state index >= 15 is 0 Å². The Morgan fingerprint density at radius 2 is 2.05 bits per heavy atom. The molecule has 5 nitrogen and oxygen atoms in total. The number of nitrogens with one attached hydrogen (secondary N) is 1. The van der Waals surface area contributed by atoms with Crippen molar-refractivity contribution in [1.82, 2.24) is 4.90 Å². The third-order valence-electron chi connectivity index (χ3n) is 4.10. The topological polar surface area (TPSA) is 58.6 Å². The van der Waals surface area contributed by atoms with Gasteiger partial charge in [0, 0.05) is 25.2 Å². The Kier molecular flexibility index (Phi) is 5.81. The zero-order valence-electron chi connectivity index (χ0n) is 13.3. The number of hydrogen-bond donors (Lipinski definition) is 1. The number of carbonyl (C=O) groups is 2. The molecule has 120 valence electrons. The molecule has 2 amide bonds. The van der Waals surface area contributed by atoms with Crippen LogP contribution in [0.5, 0.6) is 5.75 Å². The molecule has 1 aliphatic rings. The fourth-order valence-corrected chi connectivity index (χ4v) is 2.82. The van der Waals surface area contributed by atoms with E-state index in [2.05, 4.69) is 5.32 Å². The van der Waals surface area contributed by atoms with Gasteiger partial charge in [-0.2, -0.15) is 0 Å². The number of amides is 2. The summed E-state index contributed by atoms with van der Waals surface area (Å²) >= 11 is 0. The average molecular weight is 304 g/mol. The zero-order valence-corrected chi connectivity index (χ0v) is 13.3. The average Bonchev–Trinajstić information content (AvgIpc) is 3.00. The van der Waals surface area contributed by atoms with E-state index in [0.29, 0.717) is 23.8 Å². The van der Waals surface area contributed by atoms with Crippen LogP contribution in [-0.2, 0) is 9.59 Å². The van der Waals surface area contributed by atoms with Gasteiger partial charge in [0.05, 0.1) is 13.7 Å². The Morgan fingerprint density at radius 1 is 1.32 bits per heavy atom. The third kappa shape index (κ3) is 4.76. The molecule has 0 heterocycles. The first-order chi connectivity index (χ1) is 10.6. The van der Waals surface area contributed by atoms with Crippen LogP contribution >= 0.6 is 0 Å². The van der Waals surface area contributed by atoms with Gasteiger partial charge in [-0.25, -0.2) is 0 Å². The largest absolute Gasteiger partial charge is 0.497 e. The summed E-state index contributed by atoms with van der Waals surface area (Å²) in [5, 5.41) is 2.78. The first-order valence-electron chi connectivity index (χ1n) is 7.76. The normalized spacial score (nSPS) is 14.6. The first-order valence-corrected chi connectivity index (χ1v) is 7.76. The van der Waals surface area contributed by atoms with Crippen LogP contribution in [0.2, 0.25) is 0 Å². The SMILES string of the molecule is COc1cccc(NC(=O)CN(C)C(=O)CC2CCCC2)c1. The van der Waals surface area contributed by atoms with Gasteiger partial charge >= 0.3 is 0 Å². The van der Waals surface area contributed by atoms with E-state index in [4.69, 9.17) is 4.74 Å². The summed E-state index contributed by atoms with van der Waals surface area (Å²) in [6.07, 6.45) is 5.27. The summed E-state index contributed by atoms with van der Waals surface area (Å²) < 4.78 is 5.11. The van der Waals surface area contributed by atoms with Crippen molar-refractivity contribution >= 4 is 17.5 Å². The lowest BCUT2D eigenvalue weighted by atomic mass is 10.0. The Labute approximate surface area is 131 Å². The van der Waals surface area contributed by atoms with Gasteiger partial charge in [0.15, 0.2) is 0 Å². The number of hydrogen-bond acceptors (Lipinski definition) is 3. The van der Waals surface area contributed by atoms with Crippen LogP contribution in [0.4, 0.5) is 5.69 Å². The molecule has 0 bridgehead atoms. The Hall–Kier alpha value is -2.04. The monoisotopic (exact) mass is 304 g/mol. The van der Waals surface area contributed by atoms with Gasteiger partial charge in [0.2, 0.25) is 11.8 Å². The van der Waals surface area contributed by atoms with Crippen LogP contribution in [0.3, 0.4) is 0 Å². The second-order valence-electron chi connectivity index (χ2n) is 5.88. The van der Waals surface area contributed by atoms with E-state index in [0.717, 1.165) is 12.8 Å². The quantitative estimate of drug-likeness (QED) is 0.879. The molecule has 22 heavy (non-hydrogen) atoms. The van der Waals surface area contributed by atoms with Crippen molar-refractivity contribution in [2.24, 2.45) is 5.92 Å². The van der Waals surface area contributed by atoms with Crippen molar-refractivity contribution in [1.29, 1.82) is 0 Å². The van der Waals surface area contributed by atoms with E-state index in [1.54, 1.807) is 26.3 Å². The molecule has 0 saturated heterocycles. The number of methoxy groups -OCH3 is 1. The lowest BCUT2D eigenvalue weighted by Crippen LogP contribution is -2.35. The molecule has 1 aliphatic carbocycles. The molecular weight excluding hydrogens is 280 g/mol. The molecule has 0 spiro atoms. The second kappa shape index (κ2) is 7.82. The molecule has 1 aromatic carbocycles. The van der Waals surface area contributed by atoms with Crippen molar-refractivity contribution in [2.45, 2.75) is 32.1 Å². The van der Waals surface area contributed by atoms with E-state index in [1.165, 1.54) is 17.7 Å². The Morgan fingerprint density at radius 3 is 2.73 bits per heavy atom. The van der Waals surface area contributed by atoms with Crippen LogP contribution in [0.1, 0.15) is 32.1 Å². The summed E-state index contributed by atoms with van der Waals surface area (Å²) in [5.74, 6) is 1.03. The van der Waals surface area contributed by atoms with Crippen LogP contribution in [0.15, 0.2) is 24.3 Å². The maximum Gasteiger partial charge on any atom is 0.243 e. The van der Waals surface area contributed by atoms with Crippen LogP contribution < -0.4 is 10.1 Å². The van der Waals surface area contributed by atoms with E-state index in [9.17, 15) is 9.59 Å². The van der Waals surface area contributed by atoms with E-state index < -0.39 is 0 Å². The maximum atomic E-state index is 12.1. The standard InChI is InChI=1S/C17H24N2O3/c1-19(17(21)10-13-6-3-4-7-13)12-16(20)18-14-8-5-9-15(11-14)22-2/h5,8-9,11,13H,3-4,6-7,10,12H2,1-2H3,(H,18,20). The van der Waals surface area contributed by atoms with Crippen molar-refractivity contribution in [3.8, 4) is 5.75 Å². The minimum atomic E-state index is -0.199. The lowest BCUT2D eigenvalue weighted by Gasteiger charge is -2.19. The predicted octanol–water partition coefficient (Wildman–Crippen LogP) is 2.67. The highest BCUT2D eigenvalue weighted by atomic mass is 16.5. The fraction of sp³-hybridized carbons (Fsp3) is 0.529. The molecular formula is C17H24N2O3. The number of likely N-dealkylation sites (N-methyl/N-ethyl adjacent to an activating group) is 1. The summed E-state index contributed by atoms with van der Waals surface area (Å²) in [7, 11) is 3.26. The van der Waals surface area contributed by atoms with E-state index in [1.807, 2.05) is 12.1 Å². The highest BCUT2D eigenvalue weighted by molar-refractivity contribution is 5.94. The van der Waals surface area contributed by atoms with Crippen molar-refractivity contribution < 1.29 is 14.3 Å². The molecule has 1 saturated carbocycles.